The van der Waals surface area contributed by atoms with E-state index < -0.39 is 25.7 Å². The molecule has 1 aliphatic rings. The monoisotopic (exact) mass is 240 g/mol. The van der Waals surface area contributed by atoms with Gasteiger partial charge in [-0.2, -0.15) is 0 Å². The Morgan fingerprint density at radius 3 is 2.43 bits per heavy atom. The highest BCUT2D eigenvalue weighted by Gasteiger charge is 2.49. The highest BCUT2D eigenvalue weighted by Crippen LogP contribution is 2.41. The van der Waals surface area contributed by atoms with Gasteiger partial charge in [0.2, 0.25) is 9.05 Å². The first-order chi connectivity index (χ1) is 6.28. The van der Waals surface area contributed by atoms with Gasteiger partial charge >= 0.3 is 5.97 Å². The summed E-state index contributed by atoms with van der Waals surface area (Å²) < 4.78 is 22.4. The molecule has 6 heteroatoms. The van der Waals surface area contributed by atoms with Gasteiger partial charge in [-0.15, -0.1) is 0 Å². The average Bonchev–Trinajstić information content (AvgIpc) is 2.02. The van der Waals surface area contributed by atoms with Gasteiger partial charge in [0.25, 0.3) is 0 Å². The smallest absolute Gasteiger partial charge is 0.310 e. The van der Waals surface area contributed by atoms with E-state index in [1.807, 2.05) is 0 Å². The second-order valence-electron chi connectivity index (χ2n) is 3.93. The van der Waals surface area contributed by atoms with Crippen LogP contribution in [0.2, 0.25) is 0 Å². The molecule has 1 aliphatic carbocycles. The molecule has 0 aromatic heterocycles. The number of aliphatic carboxylic acids is 1. The normalized spacial score (nSPS) is 34.0. The van der Waals surface area contributed by atoms with Crippen LogP contribution in [0.4, 0.5) is 0 Å². The number of carboxylic acids is 1. The van der Waals surface area contributed by atoms with Crippen LogP contribution in [-0.4, -0.2) is 24.7 Å². The second-order valence-corrected chi connectivity index (χ2v) is 6.74. The molecule has 0 bridgehead atoms. The number of carbonyl (C=O) groups is 1. The zero-order chi connectivity index (χ0) is 11.0. The second kappa shape index (κ2) is 3.70. The van der Waals surface area contributed by atoms with Crippen LogP contribution in [0.1, 0.15) is 32.6 Å². The highest BCUT2D eigenvalue weighted by molar-refractivity contribution is 8.14. The molecule has 14 heavy (non-hydrogen) atoms. The largest absolute Gasteiger partial charge is 0.481 e. The first kappa shape index (κ1) is 11.8. The number of hydrogen-bond donors (Lipinski definition) is 1. The van der Waals surface area contributed by atoms with E-state index in [0.29, 0.717) is 12.8 Å². The Bertz CT molecular complexity index is 337. The van der Waals surface area contributed by atoms with Crippen LogP contribution in [0.25, 0.3) is 0 Å². The summed E-state index contributed by atoms with van der Waals surface area (Å²) in [6.45, 7) is 1.46. The Balaban J connectivity index is 3.07. The predicted octanol–water partition coefficient (Wildman–Crippen LogP) is 1.59. The minimum atomic E-state index is -3.79. The first-order valence-corrected chi connectivity index (χ1v) is 6.82. The van der Waals surface area contributed by atoms with Crippen LogP contribution in [0.5, 0.6) is 0 Å². The molecule has 0 spiro atoms. The lowest BCUT2D eigenvalue weighted by atomic mass is 9.75. The first-order valence-electron chi connectivity index (χ1n) is 4.45. The fourth-order valence-corrected chi connectivity index (χ4v) is 4.14. The van der Waals surface area contributed by atoms with Gasteiger partial charge < -0.3 is 5.11 Å². The molecule has 1 fully saturated rings. The predicted molar refractivity (Wildman–Crippen MR) is 52.8 cm³/mol. The van der Waals surface area contributed by atoms with E-state index >= 15 is 0 Å². The van der Waals surface area contributed by atoms with E-state index in [1.165, 1.54) is 6.92 Å². The molecule has 0 aromatic carbocycles. The zero-order valence-corrected chi connectivity index (χ0v) is 9.44. The molecule has 1 N–H and O–H groups in total. The lowest BCUT2D eigenvalue weighted by Gasteiger charge is -2.35. The SMILES string of the molecule is CC1(C(=O)O)CCCCC1S(=O)(=O)Cl. The summed E-state index contributed by atoms with van der Waals surface area (Å²) in [6.07, 6.45) is 2.18. The summed E-state index contributed by atoms with van der Waals surface area (Å²) in [5.74, 6) is -1.08. The molecule has 0 amide bonds. The van der Waals surface area contributed by atoms with Crippen LogP contribution in [0.15, 0.2) is 0 Å². The third kappa shape index (κ3) is 2.03. The third-order valence-corrected chi connectivity index (χ3v) is 5.03. The van der Waals surface area contributed by atoms with Crippen molar-refractivity contribution in [1.29, 1.82) is 0 Å². The summed E-state index contributed by atoms with van der Waals surface area (Å²) in [5.41, 5.74) is -1.22. The lowest BCUT2D eigenvalue weighted by Crippen LogP contribution is -2.45. The number of halogens is 1. The standard InChI is InChI=1S/C8H13ClO4S/c1-8(7(10)11)5-3-2-4-6(8)14(9,12)13/h6H,2-5H2,1H3,(H,10,11). The molecule has 1 saturated carbocycles. The molecule has 2 atom stereocenters. The van der Waals surface area contributed by atoms with Gasteiger partial charge in [0.15, 0.2) is 0 Å². The maximum atomic E-state index is 11.2. The van der Waals surface area contributed by atoms with Crippen molar-refractivity contribution < 1.29 is 18.3 Å². The molecule has 0 heterocycles. The maximum Gasteiger partial charge on any atom is 0.310 e. The molecule has 0 radical (unpaired) electrons. The number of rotatable bonds is 2. The summed E-state index contributed by atoms with van der Waals surface area (Å²) in [6, 6.07) is 0. The van der Waals surface area contributed by atoms with Gasteiger partial charge in [0.1, 0.15) is 0 Å². The van der Waals surface area contributed by atoms with Crippen LogP contribution in [-0.2, 0) is 13.8 Å². The molecule has 0 saturated heterocycles. The van der Waals surface area contributed by atoms with Gasteiger partial charge in [-0.05, 0) is 19.8 Å². The van der Waals surface area contributed by atoms with E-state index in [9.17, 15) is 13.2 Å². The maximum absolute atomic E-state index is 11.2. The molecular formula is C8H13ClO4S. The zero-order valence-electron chi connectivity index (χ0n) is 7.86. The van der Waals surface area contributed by atoms with Crippen molar-refractivity contribution in [3.63, 3.8) is 0 Å². The van der Waals surface area contributed by atoms with Crippen LogP contribution >= 0.6 is 10.7 Å². The summed E-state index contributed by atoms with van der Waals surface area (Å²) in [4.78, 5) is 11.0. The minimum Gasteiger partial charge on any atom is -0.481 e. The highest BCUT2D eigenvalue weighted by atomic mass is 35.7. The Morgan fingerprint density at radius 1 is 1.50 bits per heavy atom. The Morgan fingerprint density at radius 2 is 2.07 bits per heavy atom. The van der Waals surface area contributed by atoms with Crippen molar-refractivity contribution >= 4 is 25.7 Å². The molecule has 0 aromatic rings. The van der Waals surface area contributed by atoms with Gasteiger partial charge in [-0.25, -0.2) is 8.42 Å². The fourth-order valence-electron chi connectivity index (χ4n) is 2.00. The summed E-state index contributed by atoms with van der Waals surface area (Å²) in [5, 5.41) is 8.05. The van der Waals surface area contributed by atoms with Crippen molar-refractivity contribution in [1.82, 2.24) is 0 Å². The van der Waals surface area contributed by atoms with Gasteiger partial charge in [-0.3, -0.25) is 4.79 Å². The lowest BCUT2D eigenvalue weighted by molar-refractivity contribution is -0.149. The van der Waals surface area contributed by atoms with Crippen molar-refractivity contribution in [3.8, 4) is 0 Å². The molecule has 1 rings (SSSR count). The number of carboxylic acid groups (broad SMARTS) is 1. The van der Waals surface area contributed by atoms with Crippen molar-refractivity contribution in [2.24, 2.45) is 5.41 Å². The van der Waals surface area contributed by atoms with E-state index in [4.69, 9.17) is 15.8 Å². The van der Waals surface area contributed by atoms with Crippen molar-refractivity contribution in [2.45, 2.75) is 37.9 Å². The van der Waals surface area contributed by atoms with Crippen LogP contribution < -0.4 is 0 Å². The topological polar surface area (TPSA) is 71.4 Å². The Labute approximate surface area is 87.7 Å². The molecule has 2 unspecified atom stereocenters. The molecular weight excluding hydrogens is 228 g/mol. The van der Waals surface area contributed by atoms with Gasteiger partial charge in [0, 0.05) is 10.7 Å². The molecule has 82 valence electrons. The Kier molecular flexibility index (Phi) is 3.11. The van der Waals surface area contributed by atoms with Gasteiger partial charge in [0.05, 0.1) is 10.7 Å². The van der Waals surface area contributed by atoms with Crippen molar-refractivity contribution in [2.75, 3.05) is 0 Å². The van der Waals surface area contributed by atoms with E-state index in [1.54, 1.807) is 0 Å². The van der Waals surface area contributed by atoms with E-state index in [-0.39, 0.29) is 0 Å². The van der Waals surface area contributed by atoms with Crippen LogP contribution in [0, 0.1) is 5.41 Å². The summed E-state index contributed by atoms with van der Waals surface area (Å²) in [7, 11) is 1.46. The van der Waals surface area contributed by atoms with E-state index in [0.717, 1.165) is 12.8 Å². The fraction of sp³-hybridized carbons (Fsp3) is 0.875. The average molecular weight is 241 g/mol. The van der Waals surface area contributed by atoms with Gasteiger partial charge in [-0.1, -0.05) is 12.8 Å². The minimum absolute atomic E-state index is 0.342. The third-order valence-electron chi connectivity index (χ3n) is 2.95. The molecule has 0 aliphatic heterocycles. The quantitative estimate of drug-likeness (QED) is 0.744. The Hall–Kier alpha value is -0.290. The van der Waals surface area contributed by atoms with E-state index in [2.05, 4.69) is 0 Å². The summed E-state index contributed by atoms with van der Waals surface area (Å²) >= 11 is 0. The number of hydrogen-bond acceptors (Lipinski definition) is 3. The van der Waals surface area contributed by atoms with Crippen LogP contribution in [0.3, 0.4) is 0 Å². The molecule has 4 nitrogen and oxygen atoms in total. The van der Waals surface area contributed by atoms with Crippen molar-refractivity contribution in [3.05, 3.63) is 0 Å².